The predicted molar refractivity (Wildman–Crippen MR) is 50.5 cm³/mol. The zero-order chi connectivity index (χ0) is 10.6. The maximum Gasteiger partial charge on any atom is 1.00 e. The van der Waals surface area contributed by atoms with Gasteiger partial charge in [-0.3, -0.25) is 5.41 Å². The first kappa shape index (κ1) is 14.7. The Morgan fingerprint density at radius 2 is 1.93 bits per heavy atom. The van der Waals surface area contributed by atoms with E-state index >= 15 is 0 Å². The molecule has 0 saturated heterocycles. The number of nitrogens with zero attached hydrogens (tertiary/aromatic N) is 1. The SMILES string of the molecule is N=C(N)N(CC(=O)[O-])C1CCCCC1.[Na+]. The molecule has 1 aliphatic carbocycles. The van der Waals surface area contributed by atoms with Gasteiger partial charge in [-0.1, -0.05) is 19.3 Å². The van der Waals surface area contributed by atoms with Crippen LogP contribution in [0.2, 0.25) is 0 Å². The summed E-state index contributed by atoms with van der Waals surface area (Å²) in [6.45, 7) is -0.264. The summed E-state index contributed by atoms with van der Waals surface area (Å²) in [7, 11) is 0. The summed E-state index contributed by atoms with van der Waals surface area (Å²) in [5.74, 6) is -1.34. The standard InChI is InChI=1S/C9H17N3O2.Na/c10-9(11)12(6-8(13)14)7-4-2-1-3-5-7;/h7H,1-6H2,(H3,10,11)(H,13,14);/q;+1/p-1. The van der Waals surface area contributed by atoms with Crippen LogP contribution in [0.1, 0.15) is 32.1 Å². The molecule has 0 aromatic heterocycles. The number of carbonyl (C=O) groups excluding carboxylic acids is 1. The Morgan fingerprint density at radius 1 is 1.40 bits per heavy atom. The number of carbonyl (C=O) groups is 1. The maximum absolute atomic E-state index is 10.5. The smallest absolute Gasteiger partial charge is 0.548 e. The largest absolute Gasteiger partial charge is 1.00 e. The summed E-state index contributed by atoms with van der Waals surface area (Å²) < 4.78 is 0. The molecule has 1 fully saturated rings. The predicted octanol–water partition coefficient (Wildman–Crippen LogP) is -3.73. The van der Waals surface area contributed by atoms with Crippen LogP contribution < -0.4 is 40.4 Å². The Hall–Kier alpha value is -0.260. The molecule has 5 nitrogen and oxygen atoms in total. The fraction of sp³-hybridized carbons (Fsp3) is 0.778. The molecule has 0 amide bonds. The van der Waals surface area contributed by atoms with Crippen LogP contribution in [0.3, 0.4) is 0 Å². The molecular weight excluding hydrogens is 205 g/mol. The Kier molecular flexibility index (Phi) is 6.96. The third-order valence-electron chi connectivity index (χ3n) is 2.62. The topological polar surface area (TPSA) is 93.2 Å². The number of aliphatic carboxylic acids is 1. The molecule has 0 spiro atoms. The second kappa shape index (κ2) is 7.09. The van der Waals surface area contributed by atoms with Crippen LogP contribution in [-0.4, -0.2) is 29.4 Å². The molecule has 0 aromatic rings. The van der Waals surface area contributed by atoms with Gasteiger partial charge in [-0.15, -0.1) is 0 Å². The first-order valence-corrected chi connectivity index (χ1v) is 4.92. The Bertz CT molecular complexity index is 229. The molecule has 1 aliphatic rings. The summed E-state index contributed by atoms with van der Waals surface area (Å²) in [5, 5.41) is 17.7. The minimum absolute atomic E-state index is 0. The normalized spacial score (nSPS) is 16.5. The van der Waals surface area contributed by atoms with Gasteiger partial charge in [0, 0.05) is 6.04 Å². The fourth-order valence-corrected chi connectivity index (χ4v) is 1.94. The van der Waals surface area contributed by atoms with Gasteiger partial charge in [-0.25, -0.2) is 0 Å². The second-order valence-corrected chi connectivity index (χ2v) is 3.68. The summed E-state index contributed by atoms with van der Waals surface area (Å²) >= 11 is 0. The van der Waals surface area contributed by atoms with Crippen LogP contribution in [0.5, 0.6) is 0 Å². The van der Waals surface area contributed by atoms with Crippen molar-refractivity contribution in [2.24, 2.45) is 5.73 Å². The van der Waals surface area contributed by atoms with Crippen molar-refractivity contribution in [3.05, 3.63) is 0 Å². The summed E-state index contributed by atoms with van der Waals surface area (Å²) in [6.07, 6.45) is 5.20. The van der Waals surface area contributed by atoms with E-state index in [0.29, 0.717) is 0 Å². The molecule has 0 aliphatic heterocycles. The molecule has 0 heterocycles. The molecule has 1 saturated carbocycles. The first-order valence-electron chi connectivity index (χ1n) is 4.92. The van der Waals surface area contributed by atoms with Crippen molar-refractivity contribution < 1.29 is 39.5 Å². The van der Waals surface area contributed by atoms with E-state index in [2.05, 4.69) is 0 Å². The van der Waals surface area contributed by atoms with Crippen LogP contribution in [-0.2, 0) is 4.79 Å². The van der Waals surface area contributed by atoms with Gasteiger partial charge in [-0.05, 0) is 12.8 Å². The maximum atomic E-state index is 10.5. The molecule has 3 N–H and O–H groups in total. The minimum Gasteiger partial charge on any atom is -0.548 e. The molecule has 0 unspecified atom stereocenters. The van der Waals surface area contributed by atoms with Crippen LogP contribution in [0, 0.1) is 5.41 Å². The second-order valence-electron chi connectivity index (χ2n) is 3.68. The van der Waals surface area contributed by atoms with Crippen LogP contribution in [0.25, 0.3) is 0 Å². The Morgan fingerprint density at radius 3 is 2.33 bits per heavy atom. The quantitative estimate of drug-likeness (QED) is 0.291. The van der Waals surface area contributed by atoms with Crippen LogP contribution in [0.4, 0.5) is 0 Å². The number of rotatable bonds is 3. The molecule has 0 radical (unpaired) electrons. The number of carboxylic acids is 1. The number of carboxylic acid groups (broad SMARTS) is 1. The summed E-state index contributed by atoms with van der Waals surface area (Å²) in [5.41, 5.74) is 5.33. The molecule has 0 atom stereocenters. The number of hydrogen-bond donors (Lipinski definition) is 2. The van der Waals surface area contributed by atoms with Gasteiger partial charge in [-0.2, -0.15) is 0 Å². The van der Waals surface area contributed by atoms with Crippen molar-refractivity contribution in [1.82, 2.24) is 4.90 Å². The molecule has 15 heavy (non-hydrogen) atoms. The van der Waals surface area contributed by atoms with E-state index in [0.717, 1.165) is 25.7 Å². The molecule has 0 bridgehead atoms. The summed E-state index contributed by atoms with van der Waals surface area (Å²) in [4.78, 5) is 11.9. The Labute approximate surface area is 112 Å². The van der Waals surface area contributed by atoms with E-state index in [1.54, 1.807) is 0 Å². The van der Waals surface area contributed by atoms with Crippen molar-refractivity contribution in [1.29, 1.82) is 5.41 Å². The number of guanidine groups is 1. The monoisotopic (exact) mass is 221 g/mol. The average molecular weight is 221 g/mol. The van der Waals surface area contributed by atoms with E-state index in [1.165, 1.54) is 11.3 Å². The first-order chi connectivity index (χ1) is 6.61. The molecule has 80 valence electrons. The van der Waals surface area contributed by atoms with Gasteiger partial charge < -0.3 is 20.5 Å². The number of hydrogen-bond acceptors (Lipinski definition) is 3. The van der Waals surface area contributed by atoms with Crippen LogP contribution >= 0.6 is 0 Å². The zero-order valence-electron chi connectivity index (χ0n) is 9.16. The zero-order valence-corrected chi connectivity index (χ0v) is 11.2. The molecule has 6 heteroatoms. The third-order valence-corrected chi connectivity index (χ3v) is 2.62. The number of nitrogens with two attached hydrogens (primary N) is 1. The van der Waals surface area contributed by atoms with E-state index in [1.807, 2.05) is 0 Å². The average Bonchev–Trinajstić information content (AvgIpc) is 2.15. The van der Waals surface area contributed by atoms with Gasteiger partial charge in [0.25, 0.3) is 0 Å². The van der Waals surface area contributed by atoms with Crippen molar-refractivity contribution in [3.63, 3.8) is 0 Å². The molecule has 1 rings (SSSR count). The van der Waals surface area contributed by atoms with Crippen molar-refractivity contribution in [3.8, 4) is 0 Å². The number of nitrogens with one attached hydrogen (secondary N) is 1. The summed E-state index contributed by atoms with van der Waals surface area (Å²) in [6, 6.07) is 0.110. The van der Waals surface area contributed by atoms with Crippen molar-refractivity contribution >= 4 is 11.9 Å². The fourth-order valence-electron chi connectivity index (χ4n) is 1.94. The van der Waals surface area contributed by atoms with E-state index in [-0.39, 0.29) is 48.1 Å². The van der Waals surface area contributed by atoms with Crippen molar-refractivity contribution in [2.45, 2.75) is 38.1 Å². The molecule has 0 aromatic carbocycles. The van der Waals surface area contributed by atoms with Crippen LogP contribution in [0.15, 0.2) is 0 Å². The van der Waals surface area contributed by atoms with Gasteiger partial charge >= 0.3 is 29.6 Å². The van der Waals surface area contributed by atoms with Gasteiger partial charge in [0.05, 0.1) is 12.5 Å². The third kappa shape index (κ3) is 4.86. The van der Waals surface area contributed by atoms with E-state index in [4.69, 9.17) is 11.1 Å². The van der Waals surface area contributed by atoms with E-state index < -0.39 is 5.97 Å². The Balaban J connectivity index is 0.00000196. The van der Waals surface area contributed by atoms with Gasteiger partial charge in [0.1, 0.15) is 0 Å². The van der Waals surface area contributed by atoms with E-state index in [9.17, 15) is 9.90 Å². The van der Waals surface area contributed by atoms with Gasteiger partial charge in [0.15, 0.2) is 5.96 Å². The molecular formula is C9H16N3NaO2. The minimum atomic E-state index is -1.18. The van der Waals surface area contributed by atoms with Crippen molar-refractivity contribution in [2.75, 3.05) is 6.54 Å². The van der Waals surface area contributed by atoms with Gasteiger partial charge in [0.2, 0.25) is 0 Å².